The molecule has 0 spiro atoms. The molecule has 3 rings (SSSR count). The minimum atomic E-state index is -3.53. The van der Waals surface area contributed by atoms with Gasteiger partial charge < -0.3 is 20.1 Å². The second kappa shape index (κ2) is 10.6. The van der Waals surface area contributed by atoms with Crippen molar-refractivity contribution in [2.45, 2.75) is 6.92 Å². The average Bonchev–Trinajstić information content (AvgIpc) is 2.76. The standard InChI is InChI=1S/C21H22FN5O5S/c1-3-31-19(28)13-32-15-10-8-14(9-11-15)24-21-23-12-16(22)20(26-21)25-17-6-4-5-7-18(17)27-33(2,29)30/h4-12,27H,3,13H2,1-2H3,(H2,23,24,25,26). The van der Waals surface area contributed by atoms with Gasteiger partial charge in [-0.25, -0.2) is 22.6 Å². The molecular formula is C21H22FN5O5S. The van der Waals surface area contributed by atoms with Gasteiger partial charge in [0.05, 0.1) is 30.4 Å². The van der Waals surface area contributed by atoms with E-state index in [1.807, 2.05) is 0 Å². The van der Waals surface area contributed by atoms with Crippen molar-refractivity contribution in [3.8, 4) is 5.75 Å². The van der Waals surface area contributed by atoms with Crippen LogP contribution in [-0.2, 0) is 19.6 Å². The molecule has 0 atom stereocenters. The fourth-order valence-corrected chi connectivity index (χ4v) is 3.21. The number of sulfonamides is 1. The lowest BCUT2D eigenvalue weighted by Gasteiger charge is -2.13. The second-order valence-corrected chi connectivity index (χ2v) is 8.43. The van der Waals surface area contributed by atoms with Gasteiger partial charge in [-0.1, -0.05) is 12.1 Å². The maximum Gasteiger partial charge on any atom is 0.344 e. The first kappa shape index (κ1) is 23.7. The summed E-state index contributed by atoms with van der Waals surface area (Å²) in [5.41, 5.74) is 1.15. The van der Waals surface area contributed by atoms with Crippen molar-refractivity contribution >= 4 is 44.8 Å². The van der Waals surface area contributed by atoms with Crippen molar-refractivity contribution in [1.29, 1.82) is 0 Å². The van der Waals surface area contributed by atoms with Crippen LogP contribution in [0.25, 0.3) is 0 Å². The van der Waals surface area contributed by atoms with E-state index in [4.69, 9.17) is 9.47 Å². The Morgan fingerprint density at radius 2 is 1.76 bits per heavy atom. The third-order valence-corrected chi connectivity index (χ3v) is 4.58. The largest absolute Gasteiger partial charge is 0.482 e. The van der Waals surface area contributed by atoms with Gasteiger partial charge in [0, 0.05) is 5.69 Å². The highest BCUT2D eigenvalue weighted by atomic mass is 32.2. The van der Waals surface area contributed by atoms with Crippen LogP contribution in [0.15, 0.2) is 54.7 Å². The van der Waals surface area contributed by atoms with Gasteiger partial charge in [0.25, 0.3) is 0 Å². The first-order valence-electron chi connectivity index (χ1n) is 9.75. The van der Waals surface area contributed by atoms with E-state index in [1.54, 1.807) is 49.4 Å². The van der Waals surface area contributed by atoms with E-state index < -0.39 is 21.8 Å². The third kappa shape index (κ3) is 7.31. The summed E-state index contributed by atoms with van der Waals surface area (Å²) in [7, 11) is -3.53. The molecule has 0 aliphatic rings. The highest BCUT2D eigenvalue weighted by Gasteiger charge is 2.12. The minimum Gasteiger partial charge on any atom is -0.482 e. The van der Waals surface area contributed by atoms with Gasteiger partial charge in [0.2, 0.25) is 16.0 Å². The van der Waals surface area contributed by atoms with Crippen molar-refractivity contribution in [3.63, 3.8) is 0 Å². The van der Waals surface area contributed by atoms with Crippen molar-refractivity contribution in [1.82, 2.24) is 9.97 Å². The zero-order valence-electron chi connectivity index (χ0n) is 17.8. The summed E-state index contributed by atoms with van der Waals surface area (Å²) < 4.78 is 50.0. The Hall–Kier alpha value is -3.93. The van der Waals surface area contributed by atoms with E-state index in [2.05, 4.69) is 25.3 Å². The molecule has 174 valence electrons. The number of hydrogen-bond donors (Lipinski definition) is 3. The van der Waals surface area contributed by atoms with E-state index in [9.17, 15) is 17.6 Å². The molecule has 0 saturated carbocycles. The summed E-state index contributed by atoms with van der Waals surface area (Å²) in [4.78, 5) is 19.4. The van der Waals surface area contributed by atoms with Crippen LogP contribution in [0.5, 0.6) is 5.75 Å². The number of rotatable bonds is 10. The predicted molar refractivity (Wildman–Crippen MR) is 122 cm³/mol. The van der Waals surface area contributed by atoms with Crippen LogP contribution in [-0.4, -0.2) is 43.8 Å². The third-order valence-electron chi connectivity index (χ3n) is 3.99. The SMILES string of the molecule is CCOC(=O)COc1ccc(Nc2ncc(F)c(Nc3ccccc3NS(C)(=O)=O)n2)cc1. The van der Waals surface area contributed by atoms with Gasteiger partial charge in [-0.15, -0.1) is 0 Å². The second-order valence-electron chi connectivity index (χ2n) is 6.68. The van der Waals surface area contributed by atoms with E-state index in [-0.39, 0.29) is 30.7 Å². The molecule has 10 nitrogen and oxygen atoms in total. The summed E-state index contributed by atoms with van der Waals surface area (Å²) in [6, 6.07) is 13.0. The Morgan fingerprint density at radius 3 is 2.42 bits per heavy atom. The molecule has 33 heavy (non-hydrogen) atoms. The van der Waals surface area contributed by atoms with Gasteiger partial charge >= 0.3 is 5.97 Å². The molecule has 0 bridgehead atoms. The van der Waals surface area contributed by atoms with Crippen molar-refractivity contribution in [2.24, 2.45) is 0 Å². The van der Waals surface area contributed by atoms with Crippen LogP contribution >= 0.6 is 0 Å². The monoisotopic (exact) mass is 475 g/mol. The molecule has 0 fully saturated rings. The summed E-state index contributed by atoms with van der Waals surface area (Å²) >= 11 is 0. The lowest BCUT2D eigenvalue weighted by atomic mass is 10.2. The first-order valence-corrected chi connectivity index (χ1v) is 11.6. The van der Waals surface area contributed by atoms with Crippen LogP contribution in [0.1, 0.15) is 6.92 Å². The predicted octanol–water partition coefficient (Wildman–Crippen LogP) is 3.42. The normalized spacial score (nSPS) is 10.9. The van der Waals surface area contributed by atoms with Crippen LogP contribution in [0.3, 0.4) is 0 Å². The van der Waals surface area contributed by atoms with Crippen LogP contribution in [0.2, 0.25) is 0 Å². The quantitative estimate of drug-likeness (QED) is 0.377. The number of aromatic nitrogens is 2. The fourth-order valence-electron chi connectivity index (χ4n) is 2.63. The Kier molecular flexibility index (Phi) is 7.61. The molecule has 1 heterocycles. The number of anilines is 5. The van der Waals surface area contributed by atoms with E-state index >= 15 is 0 Å². The van der Waals surface area contributed by atoms with Gasteiger partial charge in [-0.05, 0) is 43.3 Å². The first-order chi connectivity index (χ1) is 15.7. The molecule has 12 heteroatoms. The Bertz CT molecular complexity index is 1220. The number of para-hydroxylation sites is 2. The lowest BCUT2D eigenvalue weighted by Crippen LogP contribution is -2.14. The van der Waals surface area contributed by atoms with Crippen molar-refractivity contribution in [3.05, 3.63) is 60.5 Å². The van der Waals surface area contributed by atoms with Crippen molar-refractivity contribution < 1.29 is 27.1 Å². The highest BCUT2D eigenvalue weighted by Crippen LogP contribution is 2.27. The Morgan fingerprint density at radius 1 is 1.06 bits per heavy atom. The van der Waals surface area contributed by atoms with Crippen LogP contribution in [0, 0.1) is 5.82 Å². The van der Waals surface area contributed by atoms with Crippen molar-refractivity contribution in [2.75, 3.05) is 34.8 Å². The van der Waals surface area contributed by atoms with Gasteiger partial charge in [-0.2, -0.15) is 4.98 Å². The maximum atomic E-state index is 14.3. The molecule has 3 aromatic rings. The molecule has 0 radical (unpaired) electrons. The molecule has 3 N–H and O–H groups in total. The Balaban J connectivity index is 1.71. The number of carbonyl (C=O) groups excluding carboxylic acids is 1. The minimum absolute atomic E-state index is 0.104. The van der Waals surface area contributed by atoms with E-state index in [0.29, 0.717) is 17.1 Å². The summed E-state index contributed by atoms with van der Waals surface area (Å²) in [5, 5.41) is 5.71. The molecular weight excluding hydrogens is 453 g/mol. The van der Waals surface area contributed by atoms with E-state index in [1.165, 1.54) is 6.07 Å². The van der Waals surface area contributed by atoms with E-state index in [0.717, 1.165) is 12.5 Å². The summed E-state index contributed by atoms with van der Waals surface area (Å²) in [5.74, 6) is -0.770. The molecule has 0 saturated heterocycles. The van der Waals surface area contributed by atoms with Crippen LogP contribution < -0.4 is 20.1 Å². The highest BCUT2D eigenvalue weighted by molar-refractivity contribution is 7.92. The lowest BCUT2D eigenvalue weighted by molar-refractivity contribution is -0.145. The smallest absolute Gasteiger partial charge is 0.344 e. The van der Waals surface area contributed by atoms with Gasteiger partial charge in [0.15, 0.2) is 18.2 Å². The molecule has 1 aromatic heterocycles. The molecule has 0 aliphatic heterocycles. The number of halogens is 1. The number of benzene rings is 2. The topological polar surface area (TPSA) is 132 Å². The number of esters is 1. The number of nitrogens with zero attached hydrogens (tertiary/aromatic N) is 2. The molecule has 2 aromatic carbocycles. The summed E-state index contributed by atoms with van der Waals surface area (Å²) in [6.07, 6.45) is 2.01. The zero-order chi connectivity index (χ0) is 23.8. The van der Waals surface area contributed by atoms with Crippen LogP contribution in [0.4, 0.5) is 33.2 Å². The van der Waals surface area contributed by atoms with Gasteiger partial charge in [-0.3, -0.25) is 4.72 Å². The number of ether oxygens (including phenoxy) is 2. The maximum absolute atomic E-state index is 14.3. The summed E-state index contributed by atoms with van der Waals surface area (Å²) in [6.45, 7) is 1.79. The molecule has 0 amide bonds. The molecule has 0 aliphatic carbocycles. The fraction of sp³-hybridized carbons (Fsp3) is 0.190. The molecule has 0 unspecified atom stereocenters. The van der Waals surface area contributed by atoms with Gasteiger partial charge in [0.1, 0.15) is 5.75 Å². The number of nitrogens with one attached hydrogen (secondary N) is 3. The average molecular weight is 476 g/mol. The number of carbonyl (C=O) groups is 1. The zero-order valence-corrected chi connectivity index (χ0v) is 18.6. The Labute approximate surface area is 190 Å². The number of hydrogen-bond acceptors (Lipinski definition) is 9.